The highest BCUT2D eigenvalue weighted by molar-refractivity contribution is 5.76. The van der Waals surface area contributed by atoms with Crippen LogP contribution in [0.15, 0.2) is 4.52 Å². The van der Waals surface area contributed by atoms with Gasteiger partial charge in [-0.3, -0.25) is 4.79 Å². The number of nitrogens with zero attached hydrogens (tertiary/aromatic N) is 1. The van der Waals surface area contributed by atoms with Gasteiger partial charge in [-0.15, -0.1) is 0 Å². The zero-order valence-corrected chi connectivity index (χ0v) is 11.6. The Hall–Kier alpha value is -1.36. The van der Waals surface area contributed by atoms with E-state index in [4.69, 9.17) is 4.52 Å². The SMILES string of the molecule is Cc1noc(C)c1CCC(=O)NC1CCC(O)CC1. The van der Waals surface area contributed by atoms with Gasteiger partial charge >= 0.3 is 0 Å². The highest BCUT2D eigenvalue weighted by Crippen LogP contribution is 2.19. The van der Waals surface area contributed by atoms with Gasteiger partial charge in [0, 0.05) is 18.0 Å². The van der Waals surface area contributed by atoms with Crippen LogP contribution in [-0.2, 0) is 11.2 Å². The molecule has 1 aliphatic rings. The molecule has 1 fully saturated rings. The number of nitrogens with one attached hydrogen (secondary N) is 1. The van der Waals surface area contributed by atoms with Gasteiger partial charge in [-0.2, -0.15) is 0 Å². The molecular formula is C14H22N2O3. The van der Waals surface area contributed by atoms with Crippen LogP contribution in [0.5, 0.6) is 0 Å². The Morgan fingerprint density at radius 2 is 2.05 bits per heavy atom. The van der Waals surface area contributed by atoms with Crippen molar-refractivity contribution in [1.29, 1.82) is 0 Å². The van der Waals surface area contributed by atoms with Crippen LogP contribution in [0.25, 0.3) is 0 Å². The van der Waals surface area contributed by atoms with Gasteiger partial charge in [0.25, 0.3) is 0 Å². The minimum Gasteiger partial charge on any atom is -0.393 e. The maximum atomic E-state index is 11.9. The predicted octanol–water partition coefficient (Wildman–Crippen LogP) is 1.64. The molecule has 0 atom stereocenters. The predicted molar refractivity (Wildman–Crippen MR) is 70.7 cm³/mol. The summed E-state index contributed by atoms with van der Waals surface area (Å²) in [5.41, 5.74) is 1.90. The van der Waals surface area contributed by atoms with Crippen molar-refractivity contribution in [2.75, 3.05) is 0 Å². The summed E-state index contributed by atoms with van der Waals surface area (Å²) in [5, 5.41) is 16.3. The summed E-state index contributed by atoms with van der Waals surface area (Å²) in [6.07, 6.45) is 4.26. The number of aryl methyl sites for hydroxylation is 2. The van der Waals surface area contributed by atoms with Gasteiger partial charge in [-0.25, -0.2) is 0 Å². The molecule has 0 unspecified atom stereocenters. The Kier molecular flexibility index (Phi) is 4.58. The highest BCUT2D eigenvalue weighted by atomic mass is 16.5. The smallest absolute Gasteiger partial charge is 0.220 e. The Morgan fingerprint density at radius 1 is 1.37 bits per heavy atom. The first-order valence-corrected chi connectivity index (χ1v) is 6.95. The van der Waals surface area contributed by atoms with Gasteiger partial charge in [-0.05, 0) is 46.0 Å². The van der Waals surface area contributed by atoms with E-state index in [-0.39, 0.29) is 18.1 Å². The summed E-state index contributed by atoms with van der Waals surface area (Å²) >= 11 is 0. The van der Waals surface area contributed by atoms with Crippen LogP contribution in [-0.4, -0.2) is 28.3 Å². The lowest BCUT2D eigenvalue weighted by Gasteiger charge is -2.26. The van der Waals surface area contributed by atoms with Gasteiger partial charge in [0.05, 0.1) is 11.8 Å². The molecule has 0 spiro atoms. The maximum Gasteiger partial charge on any atom is 0.220 e. The van der Waals surface area contributed by atoms with E-state index >= 15 is 0 Å². The number of amides is 1. The van der Waals surface area contributed by atoms with E-state index in [2.05, 4.69) is 10.5 Å². The van der Waals surface area contributed by atoms with Crippen molar-refractivity contribution in [3.8, 4) is 0 Å². The average molecular weight is 266 g/mol. The van der Waals surface area contributed by atoms with Crippen LogP contribution in [0.2, 0.25) is 0 Å². The number of hydrogen-bond donors (Lipinski definition) is 2. The van der Waals surface area contributed by atoms with E-state index in [1.165, 1.54) is 0 Å². The fourth-order valence-electron chi connectivity index (χ4n) is 2.62. The van der Waals surface area contributed by atoms with E-state index in [0.29, 0.717) is 12.8 Å². The Labute approximate surface area is 113 Å². The van der Waals surface area contributed by atoms with E-state index in [0.717, 1.165) is 42.7 Å². The number of aromatic nitrogens is 1. The standard InChI is InChI=1S/C14H22N2O3/c1-9-13(10(2)19-16-9)7-8-14(18)15-11-3-5-12(17)6-4-11/h11-12,17H,3-8H2,1-2H3,(H,15,18). The first kappa shape index (κ1) is 14.1. The third-order valence-electron chi connectivity index (χ3n) is 3.85. The lowest BCUT2D eigenvalue weighted by molar-refractivity contribution is -0.122. The largest absolute Gasteiger partial charge is 0.393 e. The van der Waals surface area contributed by atoms with Crippen LogP contribution >= 0.6 is 0 Å². The van der Waals surface area contributed by atoms with Crippen LogP contribution in [0, 0.1) is 13.8 Å². The quantitative estimate of drug-likeness (QED) is 0.868. The molecule has 19 heavy (non-hydrogen) atoms. The number of aliphatic hydroxyl groups is 1. The van der Waals surface area contributed by atoms with Crippen molar-refractivity contribution in [1.82, 2.24) is 10.5 Å². The molecule has 1 saturated carbocycles. The second kappa shape index (κ2) is 6.19. The number of carbonyl (C=O) groups excluding carboxylic acids is 1. The van der Waals surface area contributed by atoms with Crippen LogP contribution in [0.4, 0.5) is 0 Å². The van der Waals surface area contributed by atoms with E-state index in [1.807, 2.05) is 13.8 Å². The zero-order chi connectivity index (χ0) is 13.8. The van der Waals surface area contributed by atoms with Crippen LogP contribution in [0.3, 0.4) is 0 Å². The van der Waals surface area contributed by atoms with Gasteiger partial charge in [-0.1, -0.05) is 5.16 Å². The fraction of sp³-hybridized carbons (Fsp3) is 0.714. The van der Waals surface area contributed by atoms with Crippen molar-refractivity contribution in [3.05, 3.63) is 17.0 Å². The first-order chi connectivity index (χ1) is 9.06. The Morgan fingerprint density at radius 3 is 2.63 bits per heavy atom. The molecule has 1 aliphatic carbocycles. The fourth-order valence-corrected chi connectivity index (χ4v) is 2.62. The molecule has 2 N–H and O–H groups in total. The molecule has 1 aromatic heterocycles. The summed E-state index contributed by atoms with van der Waals surface area (Å²) in [6.45, 7) is 3.77. The molecule has 0 aromatic carbocycles. The van der Waals surface area contributed by atoms with E-state index in [9.17, 15) is 9.90 Å². The molecule has 1 heterocycles. The lowest BCUT2D eigenvalue weighted by Crippen LogP contribution is -2.38. The molecular weight excluding hydrogens is 244 g/mol. The first-order valence-electron chi connectivity index (χ1n) is 6.95. The number of aliphatic hydroxyl groups excluding tert-OH is 1. The third kappa shape index (κ3) is 3.80. The molecule has 5 nitrogen and oxygen atoms in total. The molecule has 0 radical (unpaired) electrons. The van der Waals surface area contributed by atoms with Crippen molar-refractivity contribution >= 4 is 5.91 Å². The lowest BCUT2D eigenvalue weighted by atomic mass is 9.93. The van der Waals surface area contributed by atoms with Crippen LogP contribution < -0.4 is 5.32 Å². The summed E-state index contributed by atoms with van der Waals surface area (Å²) in [5.74, 6) is 0.868. The topological polar surface area (TPSA) is 75.4 Å². The van der Waals surface area contributed by atoms with Gasteiger partial charge in [0.15, 0.2) is 0 Å². The molecule has 1 amide bonds. The van der Waals surface area contributed by atoms with Gasteiger partial charge in [0.1, 0.15) is 5.76 Å². The average Bonchev–Trinajstić information content (AvgIpc) is 2.70. The van der Waals surface area contributed by atoms with Crippen molar-refractivity contribution in [2.45, 2.75) is 64.5 Å². The zero-order valence-electron chi connectivity index (χ0n) is 11.6. The minimum atomic E-state index is -0.185. The monoisotopic (exact) mass is 266 g/mol. The molecule has 0 saturated heterocycles. The molecule has 0 aliphatic heterocycles. The summed E-state index contributed by atoms with van der Waals surface area (Å²) in [7, 11) is 0. The molecule has 2 rings (SSSR count). The normalized spacial score (nSPS) is 23.3. The molecule has 106 valence electrons. The van der Waals surface area contributed by atoms with Crippen molar-refractivity contribution in [3.63, 3.8) is 0 Å². The van der Waals surface area contributed by atoms with E-state index in [1.54, 1.807) is 0 Å². The minimum absolute atomic E-state index is 0.0707. The summed E-state index contributed by atoms with van der Waals surface area (Å²) in [6, 6.07) is 0.223. The Bertz CT molecular complexity index is 414. The van der Waals surface area contributed by atoms with Crippen molar-refractivity contribution in [2.24, 2.45) is 0 Å². The molecule has 1 aromatic rings. The van der Waals surface area contributed by atoms with Gasteiger partial charge < -0.3 is 14.9 Å². The summed E-state index contributed by atoms with van der Waals surface area (Å²) < 4.78 is 5.08. The second-order valence-corrected chi connectivity index (χ2v) is 5.38. The second-order valence-electron chi connectivity index (χ2n) is 5.38. The molecule has 5 heteroatoms. The van der Waals surface area contributed by atoms with Crippen molar-refractivity contribution < 1.29 is 14.4 Å². The number of hydrogen-bond acceptors (Lipinski definition) is 4. The Balaban J connectivity index is 1.76. The van der Waals surface area contributed by atoms with Gasteiger partial charge in [0.2, 0.25) is 5.91 Å². The van der Waals surface area contributed by atoms with E-state index < -0.39 is 0 Å². The number of carbonyl (C=O) groups is 1. The maximum absolute atomic E-state index is 11.9. The number of rotatable bonds is 4. The third-order valence-corrected chi connectivity index (χ3v) is 3.85. The molecule has 0 bridgehead atoms. The van der Waals surface area contributed by atoms with Crippen LogP contribution in [0.1, 0.15) is 49.1 Å². The summed E-state index contributed by atoms with van der Waals surface area (Å²) in [4.78, 5) is 11.9. The highest BCUT2D eigenvalue weighted by Gasteiger charge is 2.21.